The summed E-state index contributed by atoms with van der Waals surface area (Å²) in [6, 6.07) is 14.3. The van der Waals surface area contributed by atoms with Crippen molar-refractivity contribution in [1.29, 1.82) is 5.26 Å². The van der Waals surface area contributed by atoms with Gasteiger partial charge in [0.2, 0.25) is 5.91 Å². The zero-order valence-corrected chi connectivity index (χ0v) is 22.4. The molecule has 1 aromatic heterocycles. The number of amides is 1. The van der Waals surface area contributed by atoms with Crippen LogP contribution in [0.5, 0.6) is 5.75 Å². The maximum absolute atomic E-state index is 16.2. The van der Waals surface area contributed by atoms with Crippen molar-refractivity contribution in [3.05, 3.63) is 77.2 Å². The quantitative estimate of drug-likeness (QED) is 0.349. The van der Waals surface area contributed by atoms with Gasteiger partial charge in [0.1, 0.15) is 17.3 Å². The number of anilines is 1. The number of benzene rings is 3. The standard InChI is InChI=1S/C30H27ClFN5O2/c1-35(2)9-5-8-26(39)36-10-12-37(13-11-36)30-20(17-33)18-34-29-24(30)16-25(31)27(28(29)32)23-15-21(38)14-19-6-3-4-7-22(19)23/h3-8,14-16,18,38H,9-13H2,1-2H3. The second kappa shape index (κ2) is 10.9. The summed E-state index contributed by atoms with van der Waals surface area (Å²) in [5.74, 6) is -0.691. The summed E-state index contributed by atoms with van der Waals surface area (Å²) in [4.78, 5) is 22.6. The summed E-state index contributed by atoms with van der Waals surface area (Å²) in [6.07, 6.45) is 4.79. The van der Waals surface area contributed by atoms with Crippen molar-refractivity contribution >= 4 is 44.9 Å². The molecular weight excluding hydrogens is 517 g/mol. The number of phenols is 1. The van der Waals surface area contributed by atoms with E-state index in [1.807, 2.05) is 54.2 Å². The molecule has 4 aromatic rings. The number of halogens is 2. The van der Waals surface area contributed by atoms with Crippen LogP contribution in [0.2, 0.25) is 5.02 Å². The largest absolute Gasteiger partial charge is 0.508 e. The summed E-state index contributed by atoms with van der Waals surface area (Å²) in [5, 5.41) is 22.3. The Labute approximate surface area is 230 Å². The van der Waals surface area contributed by atoms with Gasteiger partial charge in [-0.05, 0) is 48.6 Å². The van der Waals surface area contributed by atoms with Crippen LogP contribution in [0.4, 0.5) is 10.1 Å². The average Bonchev–Trinajstić information content (AvgIpc) is 2.92. The summed E-state index contributed by atoms with van der Waals surface area (Å²) in [5.41, 5.74) is 1.53. The van der Waals surface area contributed by atoms with Gasteiger partial charge in [-0.25, -0.2) is 4.39 Å². The van der Waals surface area contributed by atoms with Crippen LogP contribution >= 0.6 is 11.6 Å². The van der Waals surface area contributed by atoms with E-state index in [9.17, 15) is 15.2 Å². The van der Waals surface area contributed by atoms with E-state index in [1.54, 1.807) is 23.1 Å². The molecule has 3 aromatic carbocycles. The van der Waals surface area contributed by atoms with E-state index in [2.05, 4.69) is 11.1 Å². The number of carbonyl (C=O) groups is 1. The van der Waals surface area contributed by atoms with Gasteiger partial charge in [0.25, 0.3) is 0 Å². The summed E-state index contributed by atoms with van der Waals surface area (Å²) >= 11 is 6.72. The molecule has 0 saturated carbocycles. The molecule has 2 heterocycles. The predicted octanol–water partition coefficient (Wildman–Crippen LogP) is 5.19. The number of hydrogen-bond donors (Lipinski definition) is 1. The second-order valence-electron chi connectivity index (χ2n) is 9.77. The van der Waals surface area contributed by atoms with Crippen LogP contribution in [0.1, 0.15) is 5.56 Å². The minimum atomic E-state index is -0.626. The maximum Gasteiger partial charge on any atom is 0.246 e. The first kappa shape index (κ1) is 26.4. The fourth-order valence-electron chi connectivity index (χ4n) is 5.04. The second-order valence-corrected chi connectivity index (χ2v) is 10.2. The highest BCUT2D eigenvalue weighted by Crippen LogP contribution is 2.43. The van der Waals surface area contributed by atoms with Crippen molar-refractivity contribution in [3.63, 3.8) is 0 Å². The van der Waals surface area contributed by atoms with Gasteiger partial charge in [-0.3, -0.25) is 9.78 Å². The number of likely N-dealkylation sites (N-methyl/N-ethyl adjacent to an activating group) is 1. The van der Waals surface area contributed by atoms with Crippen LogP contribution in [0, 0.1) is 17.1 Å². The van der Waals surface area contributed by atoms with E-state index in [0.717, 1.165) is 10.8 Å². The molecule has 198 valence electrons. The number of aromatic nitrogens is 1. The van der Waals surface area contributed by atoms with Crippen LogP contribution in [-0.2, 0) is 4.79 Å². The molecular formula is C30H27ClFN5O2. The van der Waals surface area contributed by atoms with Crippen LogP contribution in [0.15, 0.2) is 60.8 Å². The number of rotatable bonds is 5. The van der Waals surface area contributed by atoms with Gasteiger partial charge in [-0.2, -0.15) is 5.26 Å². The Morgan fingerprint density at radius 2 is 1.92 bits per heavy atom. The van der Waals surface area contributed by atoms with E-state index in [1.165, 1.54) is 12.3 Å². The fourth-order valence-corrected chi connectivity index (χ4v) is 5.34. The molecule has 39 heavy (non-hydrogen) atoms. The lowest BCUT2D eigenvalue weighted by molar-refractivity contribution is -0.126. The molecule has 1 saturated heterocycles. The molecule has 0 unspecified atom stereocenters. The summed E-state index contributed by atoms with van der Waals surface area (Å²) < 4.78 is 16.2. The lowest BCUT2D eigenvalue weighted by Gasteiger charge is -2.36. The highest BCUT2D eigenvalue weighted by Gasteiger charge is 2.26. The number of pyridine rings is 1. The zero-order valence-electron chi connectivity index (χ0n) is 21.7. The third-order valence-corrected chi connectivity index (χ3v) is 7.20. The summed E-state index contributed by atoms with van der Waals surface area (Å²) in [7, 11) is 3.87. The number of carbonyl (C=O) groups excluding carboxylic acids is 1. The van der Waals surface area contributed by atoms with Crippen molar-refractivity contribution < 1.29 is 14.3 Å². The first-order chi connectivity index (χ1) is 18.8. The van der Waals surface area contributed by atoms with Gasteiger partial charge < -0.3 is 19.8 Å². The van der Waals surface area contributed by atoms with E-state index in [4.69, 9.17) is 11.6 Å². The minimum Gasteiger partial charge on any atom is -0.508 e. The van der Waals surface area contributed by atoms with Gasteiger partial charge in [-0.15, -0.1) is 0 Å². The lowest BCUT2D eigenvalue weighted by Crippen LogP contribution is -2.48. The zero-order chi connectivity index (χ0) is 27.7. The Balaban J connectivity index is 1.54. The molecule has 0 spiro atoms. The molecule has 0 aliphatic carbocycles. The van der Waals surface area contributed by atoms with Crippen LogP contribution in [0.3, 0.4) is 0 Å². The summed E-state index contributed by atoms with van der Waals surface area (Å²) in [6.45, 7) is 2.54. The number of aromatic hydroxyl groups is 1. The molecule has 9 heteroatoms. The number of fused-ring (bicyclic) bond motifs is 2. The van der Waals surface area contributed by atoms with Gasteiger partial charge in [0.15, 0.2) is 5.82 Å². The monoisotopic (exact) mass is 543 g/mol. The third kappa shape index (κ3) is 5.11. The highest BCUT2D eigenvalue weighted by molar-refractivity contribution is 6.35. The van der Waals surface area contributed by atoms with Crippen molar-refractivity contribution in [2.45, 2.75) is 0 Å². The van der Waals surface area contributed by atoms with Crippen LogP contribution < -0.4 is 4.90 Å². The van der Waals surface area contributed by atoms with Crippen molar-refractivity contribution in [3.8, 4) is 22.9 Å². The molecule has 1 aliphatic rings. The first-order valence-corrected chi connectivity index (χ1v) is 12.9. The molecule has 1 amide bonds. The molecule has 0 atom stereocenters. The number of nitriles is 1. The Bertz CT molecular complexity index is 1660. The van der Waals surface area contributed by atoms with E-state index >= 15 is 4.39 Å². The van der Waals surface area contributed by atoms with Gasteiger partial charge in [0, 0.05) is 55.9 Å². The average molecular weight is 544 g/mol. The van der Waals surface area contributed by atoms with E-state index < -0.39 is 5.82 Å². The van der Waals surface area contributed by atoms with Crippen molar-refractivity contribution in [1.82, 2.24) is 14.8 Å². The Hall–Kier alpha value is -4.19. The predicted molar refractivity (Wildman–Crippen MR) is 153 cm³/mol. The minimum absolute atomic E-state index is 0.00304. The molecule has 1 aliphatic heterocycles. The van der Waals surface area contributed by atoms with Crippen LogP contribution in [-0.4, -0.2) is 72.6 Å². The topological polar surface area (TPSA) is 83.7 Å². The lowest BCUT2D eigenvalue weighted by atomic mass is 9.95. The van der Waals surface area contributed by atoms with Crippen LogP contribution in [0.25, 0.3) is 32.8 Å². The van der Waals surface area contributed by atoms with Gasteiger partial charge in [0.05, 0.1) is 16.3 Å². The number of nitrogens with zero attached hydrogens (tertiary/aromatic N) is 5. The van der Waals surface area contributed by atoms with E-state index in [-0.39, 0.29) is 27.8 Å². The SMILES string of the molecule is CN(C)CC=CC(=O)N1CCN(c2c(C#N)cnc3c(F)c(-c4cc(O)cc5ccccc45)c(Cl)cc23)CC1. The van der Waals surface area contributed by atoms with Crippen molar-refractivity contribution in [2.75, 3.05) is 51.7 Å². The molecule has 0 radical (unpaired) electrons. The highest BCUT2D eigenvalue weighted by atomic mass is 35.5. The van der Waals surface area contributed by atoms with Gasteiger partial charge >= 0.3 is 0 Å². The molecule has 1 N–H and O–H groups in total. The normalized spacial score (nSPS) is 14.1. The smallest absolute Gasteiger partial charge is 0.246 e. The number of piperazine rings is 1. The maximum atomic E-state index is 16.2. The Morgan fingerprint density at radius 1 is 1.18 bits per heavy atom. The Morgan fingerprint density at radius 3 is 2.64 bits per heavy atom. The molecule has 5 rings (SSSR count). The third-order valence-electron chi connectivity index (χ3n) is 6.90. The number of phenolic OH excluding ortho intramolecular Hbond substituents is 1. The van der Waals surface area contributed by atoms with Crippen molar-refractivity contribution in [2.24, 2.45) is 0 Å². The first-order valence-electron chi connectivity index (χ1n) is 12.6. The number of hydrogen-bond acceptors (Lipinski definition) is 6. The molecule has 1 fully saturated rings. The van der Waals surface area contributed by atoms with Gasteiger partial charge in [-0.1, -0.05) is 41.9 Å². The molecule has 7 nitrogen and oxygen atoms in total. The fraction of sp³-hybridized carbons (Fsp3) is 0.233. The Kier molecular flexibility index (Phi) is 7.38. The molecule has 0 bridgehead atoms. The van der Waals surface area contributed by atoms with E-state index in [0.29, 0.717) is 54.9 Å².